The van der Waals surface area contributed by atoms with Gasteiger partial charge in [0.25, 0.3) is 11.8 Å². The van der Waals surface area contributed by atoms with Crippen molar-refractivity contribution in [2.24, 2.45) is 0 Å². The molecule has 30 heteroatoms. The largest absolute Gasteiger partial charge is 0.495 e. The van der Waals surface area contributed by atoms with Crippen LogP contribution in [0.15, 0.2) is 85.2 Å². The van der Waals surface area contributed by atoms with Crippen LogP contribution in [0.1, 0.15) is 145 Å². The second-order valence-electron chi connectivity index (χ2n) is 22.7. The third kappa shape index (κ3) is 19.8. The van der Waals surface area contributed by atoms with Crippen molar-refractivity contribution in [2.45, 2.75) is 128 Å². The quantitative estimate of drug-likeness (QED) is 0.0218. The number of hydrogen-bond donors (Lipinski definition) is 6. The smallest absolute Gasteiger partial charge is 0.421 e. The van der Waals surface area contributed by atoms with Gasteiger partial charge in [-0.3, -0.25) is 18.7 Å². The summed E-state index contributed by atoms with van der Waals surface area (Å²) in [5.41, 5.74) is 2.06. The lowest BCUT2D eigenvalue weighted by Gasteiger charge is -2.27. The monoisotopic (exact) mass is 1360 g/mol. The summed E-state index contributed by atoms with van der Waals surface area (Å²) in [6.45, 7) is 7.68. The van der Waals surface area contributed by atoms with E-state index in [0.717, 1.165) is 36.8 Å². The van der Waals surface area contributed by atoms with Gasteiger partial charge in [0.05, 0.1) is 99.1 Å². The van der Waals surface area contributed by atoms with Crippen molar-refractivity contribution >= 4 is 73.3 Å². The normalized spacial score (nSPS) is 16.9. The number of aliphatic hydroxyl groups excluding tert-OH is 2. The Kier molecular flexibility index (Phi) is 25.8. The van der Waals surface area contributed by atoms with E-state index in [1.807, 2.05) is 0 Å². The zero-order valence-electron chi connectivity index (χ0n) is 54.1. The van der Waals surface area contributed by atoms with Crippen LogP contribution in [-0.2, 0) is 51.9 Å². The van der Waals surface area contributed by atoms with E-state index in [0.29, 0.717) is 72.1 Å². The summed E-state index contributed by atoms with van der Waals surface area (Å²) in [7, 11) is 2.29. The first-order chi connectivity index (χ1) is 44.5. The number of aromatic nitrogens is 4. The van der Waals surface area contributed by atoms with Crippen LogP contribution in [-0.4, -0.2) is 133 Å². The van der Waals surface area contributed by atoms with E-state index >= 15 is 0 Å². The molecule has 0 saturated heterocycles. The molecule has 0 bridgehead atoms. The second-order valence-corrected chi connectivity index (χ2v) is 26.8. The number of rotatable bonds is 26. The van der Waals surface area contributed by atoms with E-state index in [9.17, 15) is 55.3 Å². The molecule has 2 saturated carbocycles. The van der Waals surface area contributed by atoms with Crippen molar-refractivity contribution in [1.82, 2.24) is 29.7 Å². The fourth-order valence-electron chi connectivity index (χ4n) is 10.9. The van der Waals surface area contributed by atoms with E-state index in [4.69, 9.17) is 27.6 Å². The van der Waals surface area contributed by atoms with E-state index in [-0.39, 0.29) is 97.2 Å². The summed E-state index contributed by atoms with van der Waals surface area (Å²) in [6, 6.07) is 19.9. The van der Waals surface area contributed by atoms with Gasteiger partial charge in [-0.15, -0.1) is 0 Å². The minimum atomic E-state index is -4.80. The molecule has 2 aromatic heterocycles. The molecule has 0 atom stereocenters. The van der Waals surface area contributed by atoms with Gasteiger partial charge in [0.1, 0.15) is 34.3 Å². The first-order valence-electron chi connectivity index (χ1n) is 30.7. The molecule has 0 spiro atoms. The summed E-state index contributed by atoms with van der Waals surface area (Å²) in [5, 5.41) is 31.1. The average molecular weight is 1360 g/mol. The molecule has 2 amide bonds. The van der Waals surface area contributed by atoms with Gasteiger partial charge in [0, 0.05) is 40.6 Å². The number of carbonyl (C=O) groups is 2. The molecule has 2 heterocycles. The van der Waals surface area contributed by atoms with Crippen LogP contribution >= 0.6 is 15.2 Å². The SMILES string of the molecule is CCOP(=O)(Cc1ccc(Nc2ncc(C(F)(F)F)c(Nc3ccc(C4CCC(O)CC4)cc3C(=O)N(C)C)n2)c(OC)c1)OCC.CCOP(=O)(Cc1ccc(Nc2ncc(C(F)(F)F)c(Nc3ccc(C4CCC(O)CC4)cc3C(=O)N(C)C)n2)c(OC)c1)OCC. The van der Waals surface area contributed by atoms with Crippen molar-refractivity contribution < 1.29 is 82.8 Å². The molecule has 6 N–H and O–H groups in total. The zero-order valence-corrected chi connectivity index (χ0v) is 55.9. The average Bonchev–Trinajstić information content (AvgIpc) is 0.802. The molecule has 22 nitrogen and oxygen atoms in total. The van der Waals surface area contributed by atoms with E-state index in [1.54, 1.807) is 129 Å². The second kappa shape index (κ2) is 32.8. The number of benzene rings is 4. The van der Waals surface area contributed by atoms with Gasteiger partial charge in [-0.05, 0) is 162 Å². The van der Waals surface area contributed by atoms with Crippen molar-refractivity contribution in [3.8, 4) is 11.5 Å². The number of aliphatic hydroxyl groups is 2. The predicted molar refractivity (Wildman–Crippen MR) is 346 cm³/mol. The third-order valence-corrected chi connectivity index (χ3v) is 19.6. The number of methoxy groups -OCH3 is 2. The Morgan fingerprint density at radius 2 is 0.840 bits per heavy atom. The molecule has 2 fully saturated rings. The van der Waals surface area contributed by atoms with Crippen LogP contribution in [0, 0.1) is 0 Å². The summed E-state index contributed by atoms with van der Waals surface area (Å²) in [6.07, 6.45) is -3.47. The summed E-state index contributed by atoms with van der Waals surface area (Å²) >= 11 is 0. The van der Waals surface area contributed by atoms with Crippen LogP contribution in [0.3, 0.4) is 0 Å². The Hall–Kier alpha value is -7.42. The highest BCUT2D eigenvalue weighted by Crippen LogP contribution is 2.53. The van der Waals surface area contributed by atoms with Gasteiger partial charge >= 0.3 is 27.5 Å². The van der Waals surface area contributed by atoms with E-state index in [1.165, 1.54) is 24.0 Å². The predicted octanol–water partition coefficient (Wildman–Crippen LogP) is 15.0. The molecule has 2 aliphatic rings. The molecule has 6 aromatic rings. The molecular formula is C64H82F6N10O12P2. The Balaban J connectivity index is 0.000000266. The molecular weight excluding hydrogens is 1280 g/mol. The summed E-state index contributed by atoms with van der Waals surface area (Å²) in [4.78, 5) is 45.3. The van der Waals surface area contributed by atoms with Crippen LogP contribution in [0.4, 0.5) is 72.6 Å². The Morgan fingerprint density at radius 3 is 1.14 bits per heavy atom. The zero-order chi connectivity index (χ0) is 68.7. The maximum atomic E-state index is 14.1. The topological polar surface area (TPSA) is 270 Å². The maximum Gasteiger partial charge on any atom is 0.421 e. The Bertz CT molecular complexity index is 3410. The molecule has 512 valence electrons. The van der Waals surface area contributed by atoms with Crippen LogP contribution in [0.5, 0.6) is 11.5 Å². The molecule has 0 aliphatic heterocycles. The third-order valence-electron chi connectivity index (χ3n) is 15.5. The van der Waals surface area contributed by atoms with Gasteiger partial charge < -0.3 is 68.8 Å². The Labute approximate surface area is 542 Å². The Morgan fingerprint density at radius 1 is 0.511 bits per heavy atom. The van der Waals surface area contributed by atoms with Gasteiger partial charge in [0.15, 0.2) is 0 Å². The summed E-state index contributed by atoms with van der Waals surface area (Å²) < 4.78 is 143. The number of hydrogen-bond acceptors (Lipinski definition) is 20. The molecule has 0 radical (unpaired) electrons. The number of nitrogens with zero attached hydrogens (tertiary/aromatic N) is 6. The van der Waals surface area contributed by atoms with E-state index < -0.39 is 62.1 Å². The van der Waals surface area contributed by atoms with Crippen molar-refractivity contribution in [3.05, 3.63) is 130 Å². The number of nitrogens with one attached hydrogen (secondary N) is 4. The van der Waals surface area contributed by atoms with Gasteiger partial charge in [-0.1, -0.05) is 24.3 Å². The lowest BCUT2D eigenvalue weighted by molar-refractivity contribution is -0.138. The van der Waals surface area contributed by atoms with Crippen molar-refractivity contribution in [3.63, 3.8) is 0 Å². The first-order valence-corrected chi connectivity index (χ1v) is 34.1. The highest BCUT2D eigenvalue weighted by Gasteiger charge is 2.38. The van der Waals surface area contributed by atoms with Gasteiger partial charge in [-0.2, -0.15) is 36.3 Å². The molecule has 0 unspecified atom stereocenters. The van der Waals surface area contributed by atoms with Gasteiger partial charge in [0.2, 0.25) is 11.9 Å². The van der Waals surface area contributed by atoms with Crippen LogP contribution in [0.2, 0.25) is 0 Å². The summed E-state index contributed by atoms with van der Waals surface area (Å²) in [5.74, 6) is -1.40. The standard InChI is InChI=1S/2C32H41F3N5O6P/c2*1-6-45-47(43,46-7-2)19-20-8-14-27(28(16-20)44-5)38-31-36-18-25(32(33,34)35)29(39-31)37-26-15-11-22(17-24(26)30(42)40(3)4)21-9-12-23(41)13-10-21/h2*8,11,14-18,21,23,41H,6-7,9-10,12-13,19H2,1-5H3,(H2,36,37,38,39). The first kappa shape index (κ1) is 74.0. The molecule has 4 aromatic carbocycles. The van der Waals surface area contributed by atoms with Crippen LogP contribution < -0.4 is 30.7 Å². The van der Waals surface area contributed by atoms with Crippen molar-refractivity contribution in [2.75, 3.05) is 90.1 Å². The van der Waals surface area contributed by atoms with Crippen LogP contribution in [0.25, 0.3) is 0 Å². The molecule has 94 heavy (non-hydrogen) atoms. The number of alkyl halides is 6. The fraction of sp³-hybridized carbons (Fsp3) is 0.469. The van der Waals surface area contributed by atoms with Crippen molar-refractivity contribution in [1.29, 1.82) is 0 Å². The van der Waals surface area contributed by atoms with Gasteiger partial charge in [-0.25, -0.2) is 9.97 Å². The number of anilines is 8. The highest BCUT2D eigenvalue weighted by molar-refractivity contribution is 7.53. The minimum absolute atomic E-state index is 0.00827. The number of halogens is 6. The molecule has 2 aliphatic carbocycles. The van der Waals surface area contributed by atoms with E-state index in [2.05, 4.69) is 41.2 Å². The number of ether oxygens (including phenoxy) is 2. The number of amides is 2. The lowest BCUT2D eigenvalue weighted by Crippen LogP contribution is -2.24. The minimum Gasteiger partial charge on any atom is -0.495 e. The number of carbonyl (C=O) groups excluding carboxylic acids is 2. The fourth-order valence-corrected chi connectivity index (χ4v) is 14.2. The highest BCUT2D eigenvalue weighted by atomic mass is 31.2. The lowest BCUT2D eigenvalue weighted by atomic mass is 9.82. The molecule has 8 rings (SSSR count). The maximum absolute atomic E-state index is 14.1.